The SMILES string of the molecule is [CH2]c1cccc(C(=O)NNCCCNC)c1. The molecule has 0 aliphatic carbocycles. The lowest BCUT2D eigenvalue weighted by atomic mass is 10.1. The first kappa shape index (κ1) is 12.7. The van der Waals surface area contributed by atoms with Crippen LogP contribution in [-0.2, 0) is 0 Å². The van der Waals surface area contributed by atoms with Crippen LogP contribution in [0.2, 0.25) is 0 Å². The van der Waals surface area contributed by atoms with Gasteiger partial charge in [-0.2, -0.15) is 0 Å². The molecule has 0 heterocycles. The van der Waals surface area contributed by atoms with Gasteiger partial charge in [-0.3, -0.25) is 10.2 Å². The van der Waals surface area contributed by atoms with Gasteiger partial charge in [0.2, 0.25) is 0 Å². The minimum Gasteiger partial charge on any atom is -0.320 e. The van der Waals surface area contributed by atoms with Crippen LogP contribution in [0.5, 0.6) is 0 Å². The fraction of sp³-hybridized carbons (Fsp3) is 0.333. The summed E-state index contributed by atoms with van der Waals surface area (Å²) in [6.45, 7) is 5.45. The Kier molecular flexibility index (Phi) is 5.53. The first-order valence-corrected chi connectivity index (χ1v) is 5.34. The monoisotopic (exact) mass is 220 g/mol. The van der Waals surface area contributed by atoms with Crippen molar-refractivity contribution in [2.24, 2.45) is 0 Å². The summed E-state index contributed by atoms with van der Waals surface area (Å²) in [6.07, 6.45) is 0.964. The molecular formula is C12H18N3O. The summed E-state index contributed by atoms with van der Waals surface area (Å²) in [4.78, 5) is 11.6. The number of carbonyl (C=O) groups excluding carboxylic acids is 1. The van der Waals surface area contributed by atoms with Crippen molar-refractivity contribution in [3.63, 3.8) is 0 Å². The second-order valence-electron chi connectivity index (χ2n) is 3.54. The van der Waals surface area contributed by atoms with Crippen molar-refractivity contribution >= 4 is 5.91 Å². The van der Waals surface area contributed by atoms with Crippen molar-refractivity contribution < 1.29 is 4.79 Å². The Labute approximate surface area is 96.4 Å². The highest BCUT2D eigenvalue weighted by Gasteiger charge is 2.03. The van der Waals surface area contributed by atoms with Gasteiger partial charge in [0, 0.05) is 12.1 Å². The molecule has 4 heteroatoms. The van der Waals surface area contributed by atoms with E-state index in [1.807, 2.05) is 19.2 Å². The maximum absolute atomic E-state index is 11.6. The van der Waals surface area contributed by atoms with Crippen molar-refractivity contribution in [1.29, 1.82) is 0 Å². The van der Waals surface area contributed by atoms with Crippen molar-refractivity contribution in [2.45, 2.75) is 6.42 Å². The standard InChI is InChI=1S/C12H18N3O/c1-10-5-3-6-11(9-10)12(16)15-14-8-4-7-13-2/h3,5-6,9,13-14H,1,4,7-8H2,2H3,(H,15,16). The van der Waals surface area contributed by atoms with Crippen LogP contribution in [0.1, 0.15) is 22.3 Å². The van der Waals surface area contributed by atoms with Gasteiger partial charge >= 0.3 is 0 Å². The number of nitrogens with one attached hydrogen (secondary N) is 3. The van der Waals surface area contributed by atoms with Crippen LogP contribution in [-0.4, -0.2) is 26.0 Å². The molecule has 16 heavy (non-hydrogen) atoms. The molecule has 1 amide bonds. The van der Waals surface area contributed by atoms with E-state index in [1.165, 1.54) is 0 Å². The number of hydrazine groups is 1. The second-order valence-corrected chi connectivity index (χ2v) is 3.54. The minimum atomic E-state index is -0.130. The molecule has 0 fully saturated rings. The molecule has 0 saturated heterocycles. The van der Waals surface area contributed by atoms with Gasteiger partial charge in [-0.15, -0.1) is 0 Å². The molecule has 87 valence electrons. The van der Waals surface area contributed by atoms with E-state index in [2.05, 4.69) is 23.1 Å². The minimum absolute atomic E-state index is 0.130. The third-order valence-electron chi connectivity index (χ3n) is 2.12. The van der Waals surface area contributed by atoms with Crippen LogP contribution < -0.4 is 16.2 Å². The predicted molar refractivity (Wildman–Crippen MR) is 64.9 cm³/mol. The van der Waals surface area contributed by atoms with Crippen molar-refractivity contribution in [3.8, 4) is 0 Å². The molecule has 0 saturated carbocycles. The summed E-state index contributed by atoms with van der Waals surface area (Å²) in [5.41, 5.74) is 6.97. The lowest BCUT2D eigenvalue weighted by molar-refractivity contribution is 0.0933. The molecule has 1 rings (SSSR count). The fourth-order valence-electron chi connectivity index (χ4n) is 1.28. The van der Waals surface area contributed by atoms with E-state index in [-0.39, 0.29) is 5.91 Å². The van der Waals surface area contributed by atoms with Crippen molar-refractivity contribution in [1.82, 2.24) is 16.2 Å². The van der Waals surface area contributed by atoms with Crippen molar-refractivity contribution in [2.75, 3.05) is 20.1 Å². The van der Waals surface area contributed by atoms with Gasteiger partial charge in [0.25, 0.3) is 5.91 Å². The van der Waals surface area contributed by atoms with E-state index in [9.17, 15) is 4.79 Å². The Hall–Kier alpha value is -1.39. The second kappa shape index (κ2) is 6.98. The lowest BCUT2D eigenvalue weighted by Crippen LogP contribution is -2.38. The summed E-state index contributed by atoms with van der Waals surface area (Å²) in [5, 5.41) is 3.03. The van der Waals surface area contributed by atoms with Crippen LogP contribution in [0, 0.1) is 6.92 Å². The third kappa shape index (κ3) is 4.42. The van der Waals surface area contributed by atoms with Gasteiger partial charge in [0.1, 0.15) is 0 Å². The van der Waals surface area contributed by atoms with Crippen molar-refractivity contribution in [3.05, 3.63) is 42.3 Å². The van der Waals surface area contributed by atoms with Gasteiger partial charge in [-0.05, 0) is 44.6 Å². The number of benzene rings is 1. The van der Waals surface area contributed by atoms with E-state index in [4.69, 9.17) is 0 Å². The summed E-state index contributed by atoms with van der Waals surface area (Å²) in [6, 6.07) is 7.19. The maximum atomic E-state index is 11.6. The van der Waals surface area contributed by atoms with Gasteiger partial charge in [-0.25, -0.2) is 5.43 Å². The van der Waals surface area contributed by atoms with Gasteiger partial charge in [0.05, 0.1) is 0 Å². The van der Waals surface area contributed by atoms with E-state index >= 15 is 0 Å². The zero-order chi connectivity index (χ0) is 11.8. The molecule has 0 spiro atoms. The Balaban J connectivity index is 2.30. The highest BCUT2D eigenvalue weighted by atomic mass is 16.2. The van der Waals surface area contributed by atoms with E-state index in [0.717, 1.165) is 25.1 Å². The van der Waals surface area contributed by atoms with Gasteiger partial charge in [-0.1, -0.05) is 12.1 Å². The highest BCUT2D eigenvalue weighted by molar-refractivity contribution is 5.94. The number of carbonyl (C=O) groups is 1. The molecule has 0 aromatic heterocycles. The number of hydrogen-bond acceptors (Lipinski definition) is 3. The topological polar surface area (TPSA) is 53.2 Å². The molecule has 3 N–H and O–H groups in total. The van der Waals surface area contributed by atoms with Crippen LogP contribution in [0.25, 0.3) is 0 Å². The van der Waals surface area contributed by atoms with Crippen LogP contribution >= 0.6 is 0 Å². The normalized spacial score (nSPS) is 10.1. The summed E-state index contributed by atoms with van der Waals surface area (Å²) >= 11 is 0. The number of amides is 1. The first-order chi connectivity index (χ1) is 7.74. The molecule has 1 aromatic rings. The molecular weight excluding hydrogens is 202 g/mol. The van der Waals surface area contributed by atoms with E-state index in [1.54, 1.807) is 12.1 Å². The Morgan fingerprint density at radius 1 is 1.38 bits per heavy atom. The zero-order valence-electron chi connectivity index (χ0n) is 9.55. The average Bonchev–Trinajstić information content (AvgIpc) is 2.28. The largest absolute Gasteiger partial charge is 0.320 e. The third-order valence-corrected chi connectivity index (χ3v) is 2.12. The molecule has 0 bridgehead atoms. The quantitative estimate of drug-likeness (QED) is 0.489. The summed E-state index contributed by atoms with van der Waals surface area (Å²) in [7, 11) is 1.90. The lowest BCUT2D eigenvalue weighted by Gasteiger charge is -2.07. The zero-order valence-corrected chi connectivity index (χ0v) is 9.55. The summed E-state index contributed by atoms with van der Waals surface area (Å²) in [5.74, 6) is -0.130. The van der Waals surface area contributed by atoms with E-state index in [0.29, 0.717) is 5.56 Å². The molecule has 0 unspecified atom stereocenters. The summed E-state index contributed by atoms with van der Waals surface area (Å²) < 4.78 is 0. The van der Waals surface area contributed by atoms with Gasteiger partial charge in [0.15, 0.2) is 0 Å². The maximum Gasteiger partial charge on any atom is 0.265 e. The Bertz CT molecular complexity index is 339. The number of rotatable bonds is 6. The predicted octanol–water partition coefficient (Wildman–Crippen LogP) is 0.713. The first-order valence-electron chi connectivity index (χ1n) is 5.34. The number of hydrogen-bond donors (Lipinski definition) is 3. The van der Waals surface area contributed by atoms with E-state index < -0.39 is 0 Å². The highest BCUT2D eigenvalue weighted by Crippen LogP contribution is 2.02. The molecule has 0 aliphatic rings. The molecule has 0 atom stereocenters. The van der Waals surface area contributed by atoms with Crippen LogP contribution in [0.4, 0.5) is 0 Å². The van der Waals surface area contributed by atoms with Crippen LogP contribution in [0.3, 0.4) is 0 Å². The Morgan fingerprint density at radius 3 is 2.88 bits per heavy atom. The average molecular weight is 220 g/mol. The smallest absolute Gasteiger partial charge is 0.265 e. The molecule has 0 aliphatic heterocycles. The fourth-order valence-corrected chi connectivity index (χ4v) is 1.28. The molecule has 1 aromatic carbocycles. The Morgan fingerprint density at radius 2 is 2.19 bits per heavy atom. The molecule has 1 radical (unpaired) electrons. The molecule has 4 nitrogen and oxygen atoms in total. The van der Waals surface area contributed by atoms with Crippen LogP contribution in [0.15, 0.2) is 24.3 Å². The van der Waals surface area contributed by atoms with Gasteiger partial charge < -0.3 is 5.32 Å².